The molecule has 6 aromatic carbocycles. The highest BCUT2D eigenvalue weighted by Gasteiger charge is 2.45. The van der Waals surface area contributed by atoms with Gasteiger partial charge in [-0.05, 0) is 150 Å². The van der Waals surface area contributed by atoms with E-state index in [1.807, 2.05) is 0 Å². The monoisotopic (exact) mass is 1890 g/mol. The van der Waals surface area contributed by atoms with E-state index < -0.39 is 251 Å². The number of rotatable bonds is 49. The summed E-state index contributed by atoms with van der Waals surface area (Å²) in [6.45, 7) is -6.60. The minimum absolute atomic E-state index is 0.00454. The van der Waals surface area contributed by atoms with Gasteiger partial charge in [0.1, 0.15) is 18.1 Å². The van der Waals surface area contributed by atoms with Crippen LogP contribution in [-0.2, 0) is 62.3 Å². The van der Waals surface area contributed by atoms with Crippen LogP contribution in [0.3, 0.4) is 0 Å². The Hall–Kier alpha value is -16.1. The predicted octanol–water partition coefficient (Wildman–Crippen LogP) is -5.78. The SMILES string of the molecule is NCCCC[C@H](NC(=O)CCN1C(=O)c2ccc3c4c(ccc(c24)C1=O)C(=O)N(CCNC(=O)CNC(=O)CNC(=O)CNC(=O)[C@H](CCCCN)NC(=O)CCN1C(=O)c2ccc4c5c(ccc(c25)C1=O)C(=O)N(CCNC(=O)CNC(=O)CNC(=O)CNC(=O)[C@H](CCCCN)NC(=O)CCN1C(=O)c2ccc5c6c(ccc(c26)C1=O)C(=O)N(CCNC(=O)CN)C5=O)C4=O)C3=O)C(=O)O. The number of unbranched alkanes of at least 4 members (excludes halogenated alkanes) is 3. The van der Waals surface area contributed by atoms with Gasteiger partial charge in [-0.2, -0.15) is 0 Å². The molecule has 0 radical (unpaired) electrons. The Morgan fingerprint density at radius 2 is 0.431 bits per heavy atom. The first-order valence-corrected chi connectivity index (χ1v) is 43.9. The van der Waals surface area contributed by atoms with Crippen LogP contribution in [0.15, 0.2) is 72.8 Å². The number of carboxylic acids is 1. The lowest BCUT2D eigenvalue weighted by Crippen LogP contribution is -2.50. The van der Waals surface area contributed by atoms with Gasteiger partial charge in [0.25, 0.3) is 70.9 Å². The normalized spacial score (nSPS) is 14.6. The van der Waals surface area contributed by atoms with E-state index in [1.165, 1.54) is 72.8 Å². The van der Waals surface area contributed by atoms with E-state index in [2.05, 4.69) is 63.8 Å². The molecule has 24 amide bonds. The molecule has 48 nitrogen and oxygen atoms in total. The number of nitrogens with one attached hydrogen (secondary N) is 12. The second kappa shape index (κ2) is 44.6. The average molecular weight is 1890 g/mol. The number of imide groups is 6. The zero-order valence-electron chi connectivity index (χ0n) is 73.7. The van der Waals surface area contributed by atoms with Crippen molar-refractivity contribution in [1.29, 1.82) is 0 Å². The Labute approximate surface area is 776 Å². The van der Waals surface area contributed by atoms with Gasteiger partial charge in [0, 0.05) is 177 Å². The van der Waals surface area contributed by atoms with E-state index in [0.29, 0.717) is 45.1 Å². The Balaban J connectivity index is 0.531. The molecule has 0 bridgehead atoms. The number of nitrogens with two attached hydrogens (primary N) is 4. The molecule has 48 heteroatoms. The molecule has 0 saturated carbocycles. The third-order valence-corrected chi connectivity index (χ3v) is 23.4. The molecule has 0 spiro atoms. The summed E-state index contributed by atoms with van der Waals surface area (Å²) in [5.74, 6) is -20.5. The molecule has 6 aromatic rings. The third kappa shape index (κ3) is 22.2. The first-order valence-electron chi connectivity index (χ1n) is 43.9. The van der Waals surface area contributed by atoms with Gasteiger partial charge < -0.3 is 91.8 Å². The lowest BCUT2D eigenvalue weighted by molar-refractivity contribution is -0.142. The molecule has 6 aliphatic heterocycles. The van der Waals surface area contributed by atoms with Crippen LogP contribution in [0.25, 0.3) is 32.3 Å². The molecular weight excluding hydrogens is 1790 g/mol. The summed E-state index contributed by atoms with van der Waals surface area (Å²) in [6.07, 6.45) is 1.21. The summed E-state index contributed by atoms with van der Waals surface area (Å²) in [5.41, 5.74) is 21.8. The topological polar surface area (TPSA) is 715 Å². The van der Waals surface area contributed by atoms with Crippen LogP contribution in [0.1, 0.15) is 201 Å². The fourth-order valence-electron chi connectivity index (χ4n) is 16.5. The third-order valence-electron chi connectivity index (χ3n) is 23.4. The van der Waals surface area contributed by atoms with Gasteiger partial charge in [0.2, 0.25) is 70.9 Å². The number of hydrogen-bond donors (Lipinski definition) is 17. The Morgan fingerprint density at radius 1 is 0.241 bits per heavy atom. The van der Waals surface area contributed by atoms with Crippen molar-refractivity contribution in [2.75, 3.05) is 124 Å². The van der Waals surface area contributed by atoms with Crippen LogP contribution in [-0.4, -0.2) is 325 Å². The summed E-state index contributed by atoms with van der Waals surface area (Å²) in [4.78, 5) is 339. The number of carbonyl (C=O) groups is 25. The van der Waals surface area contributed by atoms with Crippen molar-refractivity contribution in [2.24, 2.45) is 22.9 Å². The highest BCUT2D eigenvalue weighted by atomic mass is 16.4. The second-order valence-electron chi connectivity index (χ2n) is 32.4. The molecule has 0 unspecified atom stereocenters. The van der Waals surface area contributed by atoms with E-state index in [-0.39, 0.29) is 171 Å². The van der Waals surface area contributed by atoms with Gasteiger partial charge in [0.15, 0.2) is 0 Å². The summed E-state index contributed by atoms with van der Waals surface area (Å²) in [6, 6.07) is 11.9. The number of aliphatic carboxylic acids is 1. The average Bonchev–Trinajstić information content (AvgIpc) is 0.721. The number of carbonyl (C=O) groups excluding carboxylic acids is 24. The first kappa shape index (κ1) is 99.9. The van der Waals surface area contributed by atoms with E-state index in [0.717, 1.165) is 29.4 Å². The van der Waals surface area contributed by atoms with Crippen LogP contribution in [0, 0.1) is 0 Å². The van der Waals surface area contributed by atoms with Crippen molar-refractivity contribution in [1.82, 2.24) is 93.2 Å². The molecule has 720 valence electrons. The van der Waals surface area contributed by atoms with Gasteiger partial charge >= 0.3 is 5.97 Å². The minimum Gasteiger partial charge on any atom is -0.480 e. The van der Waals surface area contributed by atoms with Gasteiger partial charge in [-0.1, -0.05) is 0 Å². The number of benzene rings is 6. The highest BCUT2D eigenvalue weighted by molar-refractivity contribution is 6.36. The maximum atomic E-state index is 14.1. The van der Waals surface area contributed by atoms with Crippen LogP contribution < -0.4 is 86.7 Å². The molecule has 21 N–H and O–H groups in total. The molecular formula is C89H98N22O26. The van der Waals surface area contributed by atoms with Crippen LogP contribution >= 0.6 is 0 Å². The van der Waals surface area contributed by atoms with Crippen molar-refractivity contribution in [3.8, 4) is 0 Å². The number of nitrogens with zero attached hydrogens (tertiary/aromatic N) is 6. The molecule has 0 aromatic heterocycles. The predicted molar refractivity (Wildman–Crippen MR) is 476 cm³/mol. The molecule has 6 heterocycles. The lowest BCUT2D eigenvalue weighted by Gasteiger charge is -2.32. The molecule has 6 aliphatic rings. The quantitative estimate of drug-likeness (QED) is 0.0125. The van der Waals surface area contributed by atoms with E-state index in [9.17, 15) is 125 Å². The zero-order chi connectivity index (χ0) is 98.9. The molecule has 0 saturated heterocycles. The van der Waals surface area contributed by atoms with Crippen LogP contribution in [0.2, 0.25) is 0 Å². The van der Waals surface area contributed by atoms with E-state index >= 15 is 0 Å². The van der Waals surface area contributed by atoms with Gasteiger partial charge in [-0.25, -0.2) is 4.79 Å². The molecule has 137 heavy (non-hydrogen) atoms. The zero-order valence-corrected chi connectivity index (χ0v) is 73.7. The largest absolute Gasteiger partial charge is 0.480 e. The van der Waals surface area contributed by atoms with Gasteiger partial charge in [0.05, 0.1) is 45.8 Å². The van der Waals surface area contributed by atoms with Gasteiger partial charge in [-0.15, -0.1) is 0 Å². The summed E-state index contributed by atoms with van der Waals surface area (Å²) < 4.78 is 0. The number of amides is 24. The Morgan fingerprint density at radius 3 is 0.642 bits per heavy atom. The maximum absolute atomic E-state index is 14.1. The molecule has 3 atom stereocenters. The van der Waals surface area contributed by atoms with E-state index in [4.69, 9.17) is 22.9 Å². The fraction of sp³-hybridized carbons (Fsp3) is 0.382. The van der Waals surface area contributed by atoms with Crippen LogP contribution in [0.4, 0.5) is 0 Å². The number of hydrogen-bond acceptors (Lipinski definition) is 29. The summed E-state index contributed by atoms with van der Waals surface area (Å²) >= 11 is 0. The van der Waals surface area contributed by atoms with Gasteiger partial charge in [-0.3, -0.25) is 144 Å². The second-order valence-corrected chi connectivity index (χ2v) is 32.4. The Kier molecular flexibility index (Phi) is 32.5. The van der Waals surface area contributed by atoms with Crippen molar-refractivity contribution < 1.29 is 125 Å². The van der Waals surface area contributed by atoms with Crippen molar-refractivity contribution in [3.05, 3.63) is 140 Å². The summed E-state index contributed by atoms with van der Waals surface area (Å²) in [7, 11) is 0. The summed E-state index contributed by atoms with van der Waals surface area (Å²) in [5, 5.41) is 38.6. The molecule has 0 fully saturated rings. The molecule has 0 aliphatic carbocycles. The number of carboxylic acid groups (broad SMARTS) is 1. The van der Waals surface area contributed by atoms with Crippen molar-refractivity contribution in [3.63, 3.8) is 0 Å². The highest BCUT2D eigenvalue weighted by Crippen LogP contribution is 2.42. The van der Waals surface area contributed by atoms with Crippen molar-refractivity contribution in [2.45, 2.75) is 95.2 Å². The smallest absolute Gasteiger partial charge is 0.326 e. The Bertz CT molecular complexity index is 5920. The fourth-order valence-corrected chi connectivity index (χ4v) is 16.5. The van der Waals surface area contributed by atoms with Crippen LogP contribution in [0.5, 0.6) is 0 Å². The van der Waals surface area contributed by atoms with Crippen molar-refractivity contribution >= 4 is 180 Å². The molecule has 12 rings (SSSR count). The standard InChI is InChI=1S/C89H98N22O26/c90-25-4-1-7-56(103-59(112)22-31-106-77(124)44-10-16-50-72-51(17-11-45(69(44)72)78(106)125)84(131)109(83(50)130)34-28-94-62(115)37-93)75(122)101-42-67(120)99-40-65(118)97-38-63(116)95-29-35-110-85(132)52-18-12-46-70-47(13-19-53(73(52)70)86(110)133)80(127)107(79(46)126)32-23-60(113)104-57(8-2-5-26-91)76(123)102-43-68(121)100-41-66(119)98-39-64(117)96-30-36-111-87(134)54-20-14-48-71-49(15-21-55(74(54)71)88(111)135)82(129)108(81(48)128)33-24-61(114)105-58(89(136)137)9-3-6-27-92/h10-21,56-58H,1-9,22-43,90-93H2,(H,94,115)(H,95,116)(H,96,117)(H,97,118)(H,98,119)(H,99,120)(H,100,121)(H,101,122)(H,102,123)(H,103,112)(H,104,113)(H,105,114)(H,136,137)/t56-,57-,58-/m0/s1. The first-order chi connectivity index (χ1) is 65.6. The van der Waals surface area contributed by atoms with E-state index in [1.54, 1.807) is 0 Å². The maximum Gasteiger partial charge on any atom is 0.326 e. The lowest BCUT2D eigenvalue weighted by atomic mass is 9.86. The minimum atomic E-state index is -1.28.